The molecule has 0 N–H and O–H groups in total. The Balaban J connectivity index is 1.23. The molecule has 0 amide bonds. The van der Waals surface area contributed by atoms with E-state index in [0.29, 0.717) is 0 Å². The molecular formula is C46H42N4O. The van der Waals surface area contributed by atoms with Gasteiger partial charge in [-0.25, -0.2) is 4.98 Å². The van der Waals surface area contributed by atoms with Crippen LogP contribution in [0.1, 0.15) is 52.7 Å². The Hall–Kier alpha value is -5.94. The number of hydrogen-bond acceptors (Lipinski definition) is 2. The first-order chi connectivity index (χ1) is 24.5. The van der Waals surface area contributed by atoms with Crippen LogP contribution in [0.2, 0.25) is 0 Å². The molecule has 5 nitrogen and oxygen atoms in total. The minimum absolute atomic E-state index is 0.00140. The molecule has 51 heavy (non-hydrogen) atoms. The Kier molecular flexibility index (Phi) is 7.87. The number of fused-ring (bicyclic) bond motifs is 3. The number of hydrogen-bond donors (Lipinski definition) is 0. The molecule has 3 heterocycles. The smallest absolute Gasteiger partial charge is 0.268 e. The number of benzene rings is 5. The molecular weight excluding hydrogens is 625 g/mol. The molecule has 252 valence electrons. The first-order valence-electron chi connectivity index (χ1n) is 17.5. The molecule has 0 aliphatic rings. The summed E-state index contributed by atoms with van der Waals surface area (Å²) in [5.74, 6) is 2.38. The van der Waals surface area contributed by atoms with Gasteiger partial charge in [0.15, 0.2) is 0 Å². The molecule has 5 aromatic carbocycles. The average Bonchev–Trinajstić information content (AvgIpc) is 3.75. The Morgan fingerprint density at radius 2 is 1.37 bits per heavy atom. The van der Waals surface area contributed by atoms with Gasteiger partial charge in [-0.2, -0.15) is 0 Å². The Morgan fingerprint density at radius 3 is 2.18 bits per heavy atom. The predicted molar refractivity (Wildman–Crippen MR) is 208 cm³/mol. The topological polar surface area (TPSA) is 35.9 Å². The van der Waals surface area contributed by atoms with Crippen molar-refractivity contribution in [2.75, 3.05) is 0 Å². The minimum atomic E-state index is -0.00791. The lowest BCUT2D eigenvalue weighted by Crippen LogP contribution is -2.32. The third-order valence-corrected chi connectivity index (χ3v) is 9.55. The van der Waals surface area contributed by atoms with Gasteiger partial charge in [0.25, 0.3) is 6.33 Å². The van der Waals surface area contributed by atoms with E-state index in [1.165, 1.54) is 16.5 Å². The molecule has 0 aliphatic carbocycles. The summed E-state index contributed by atoms with van der Waals surface area (Å²) in [5, 5.41) is 2.33. The zero-order chi connectivity index (χ0) is 35.3. The van der Waals surface area contributed by atoms with E-state index in [9.17, 15) is 0 Å². The highest BCUT2D eigenvalue weighted by Gasteiger charge is 2.20. The van der Waals surface area contributed by atoms with E-state index in [0.717, 1.165) is 56.2 Å². The molecule has 0 aliphatic heterocycles. The maximum atomic E-state index is 6.76. The molecule has 8 rings (SSSR count). The first-order valence-corrected chi connectivity index (χ1v) is 17.5. The largest absolute Gasteiger partial charge is 0.458 e. The van der Waals surface area contributed by atoms with Crippen LogP contribution in [-0.4, -0.2) is 14.1 Å². The summed E-state index contributed by atoms with van der Waals surface area (Å²) in [6, 6.07) is 44.5. The number of ether oxygens (including phenoxy) is 1. The number of imidazole rings is 1. The lowest BCUT2D eigenvalue weighted by molar-refractivity contribution is -0.600. The molecule has 0 bridgehead atoms. The minimum Gasteiger partial charge on any atom is -0.458 e. The monoisotopic (exact) mass is 666 g/mol. The van der Waals surface area contributed by atoms with Gasteiger partial charge in [-0.1, -0.05) is 108 Å². The van der Waals surface area contributed by atoms with E-state index < -0.39 is 0 Å². The van der Waals surface area contributed by atoms with Crippen LogP contribution in [0.4, 0.5) is 0 Å². The lowest BCUT2D eigenvalue weighted by Gasteiger charge is -2.23. The fraction of sp³-hybridized carbons (Fsp3) is 0.174. The van der Waals surface area contributed by atoms with Crippen LogP contribution >= 0.6 is 0 Å². The van der Waals surface area contributed by atoms with Gasteiger partial charge in [-0.3, -0.25) is 13.7 Å². The van der Waals surface area contributed by atoms with Crippen molar-refractivity contribution in [3.05, 3.63) is 163 Å². The second kappa shape index (κ2) is 12.4. The van der Waals surface area contributed by atoms with Crippen LogP contribution in [0.3, 0.4) is 0 Å². The van der Waals surface area contributed by atoms with Gasteiger partial charge in [0.1, 0.15) is 17.3 Å². The first kappa shape index (κ1) is 32.3. The van der Waals surface area contributed by atoms with Crippen molar-refractivity contribution in [1.82, 2.24) is 14.1 Å². The van der Waals surface area contributed by atoms with Gasteiger partial charge in [-0.15, -0.1) is 0 Å². The van der Waals surface area contributed by atoms with Crippen molar-refractivity contribution in [3.8, 4) is 39.8 Å². The number of para-hydroxylation sites is 2. The van der Waals surface area contributed by atoms with Crippen LogP contribution in [-0.2, 0) is 10.8 Å². The molecule has 0 unspecified atom stereocenters. The van der Waals surface area contributed by atoms with Crippen LogP contribution in [0.25, 0.3) is 50.1 Å². The summed E-state index contributed by atoms with van der Waals surface area (Å²) >= 11 is 0. The Bertz CT molecular complexity index is 2530. The number of nitrogens with zero attached hydrogens (tertiary/aromatic N) is 4. The summed E-state index contributed by atoms with van der Waals surface area (Å²) in [7, 11) is 0. The summed E-state index contributed by atoms with van der Waals surface area (Å²) < 4.78 is 13.1. The maximum absolute atomic E-state index is 6.76. The SMILES string of the molecule is CC(C)(C)c1ccnc(-n2c3ccccc3c3ccc(Oc4cc(-c5ccccc5)cc(-n5[c-][n+](-c6ccccc6C(C)(C)C)cc5)c4)cc32)c1. The zero-order valence-corrected chi connectivity index (χ0v) is 30.1. The zero-order valence-electron chi connectivity index (χ0n) is 30.1. The fourth-order valence-corrected chi connectivity index (χ4v) is 6.89. The lowest BCUT2D eigenvalue weighted by atomic mass is 9.86. The van der Waals surface area contributed by atoms with E-state index in [1.54, 1.807) is 0 Å². The standard InChI is InChI=1S/C46H42N4O/c1-45(2,3)34-22-23-47-44(28-34)50-41-18-12-10-16-38(41)39-21-20-36(30-43(39)50)51-37-27-33(32-14-8-7-9-15-32)26-35(29-37)48-24-25-49(31-48)42-19-13-11-17-40(42)46(4,5)6/h7-30H,1-6H3. The van der Waals surface area contributed by atoms with E-state index in [1.807, 2.05) is 16.8 Å². The van der Waals surface area contributed by atoms with Crippen molar-refractivity contribution < 1.29 is 9.30 Å². The normalized spacial score (nSPS) is 12.1. The van der Waals surface area contributed by atoms with Crippen molar-refractivity contribution in [2.24, 2.45) is 0 Å². The van der Waals surface area contributed by atoms with Gasteiger partial charge in [0.05, 0.1) is 22.4 Å². The van der Waals surface area contributed by atoms with E-state index in [2.05, 4.69) is 191 Å². The fourth-order valence-electron chi connectivity index (χ4n) is 6.89. The van der Waals surface area contributed by atoms with E-state index in [-0.39, 0.29) is 10.8 Å². The second-order valence-corrected chi connectivity index (χ2v) is 15.3. The Labute approximate surface area is 300 Å². The van der Waals surface area contributed by atoms with Crippen LogP contribution in [0.5, 0.6) is 11.5 Å². The third-order valence-electron chi connectivity index (χ3n) is 9.55. The maximum Gasteiger partial charge on any atom is 0.268 e. The van der Waals surface area contributed by atoms with Crippen molar-refractivity contribution in [2.45, 2.75) is 52.4 Å². The van der Waals surface area contributed by atoms with Crippen LogP contribution in [0.15, 0.2) is 146 Å². The molecule has 5 heteroatoms. The highest BCUT2D eigenvalue weighted by molar-refractivity contribution is 6.09. The highest BCUT2D eigenvalue weighted by atomic mass is 16.5. The van der Waals surface area contributed by atoms with E-state index in [4.69, 9.17) is 9.72 Å². The number of pyridine rings is 1. The number of aromatic nitrogens is 4. The van der Waals surface area contributed by atoms with Gasteiger partial charge < -0.3 is 4.74 Å². The average molecular weight is 667 g/mol. The third kappa shape index (κ3) is 6.21. The van der Waals surface area contributed by atoms with Crippen molar-refractivity contribution in [1.29, 1.82) is 0 Å². The van der Waals surface area contributed by atoms with Crippen molar-refractivity contribution >= 4 is 21.8 Å². The molecule has 0 atom stereocenters. The summed E-state index contributed by atoms with van der Waals surface area (Å²) in [4.78, 5) is 4.86. The molecule has 0 fully saturated rings. The quantitative estimate of drug-likeness (QED) is 0.131. The van der Waals surface area contributed by atoms with Gasteiger partial charge in [-0.05, 0) is 87.7 Å². The van der Waals surface area contributed by atoms with Crippen LogP contribution in [0, 0.1) is 6.33 Å². The summed E-state index contributed by atoms with van der Waals surface area (Å²) in [5.41, 5.74) is 8.89. The Morgan fingerprint density at radius 1 is 0.627 bits per heavy atom. The summed E-state index contributed by atoms with van der Waals surface area (Å²) in [6.45, 7) is 13.4. The molecule has 0 saturated heterocycles. The van der Waals surface area contributed by atoms with Gasteiger partial charge >= 0.3 is 0 Å². The van der Waals surface area contributed by atoms with Crippen molar-refractivity contribution in [3.63, 3.8) is 0 Å². The molecule has 3 aromatic heterocycles. The molecule has 0 saturated carbocycles. The second-order valence-electron chi connectivity index (χ2n) is 15.3. The molecule has 0 spiro atoms. The van der Waals surface area contributed by atoms with Gasteiger partial charge in [0.2, 0.25) is 0 Å². The molecule has 0 radical (unpaired) electrons. The summed E-state index contributed by atoms with van der Waals surface area (Å²) in [6.07, 6.45) is 9.61. The van der Waals surface area contributed by atoms with E-state index >= 15 is 0 Å². The highest BCUT2D eigenvalue weighted by Crippen LogP contribution is 2.37. The molecule has 8 aromatic rings. The van der Waals surface area contributed by atoms with Gasteiger partial charge in [0, 0.05) is 35.4 Å². The number of rotatable bonds is 6. The van der Waals surface area contributed by atoms with Crippen LogP contribution < -0.4 is 9.30 Å². The predicted octanol–water partition coefficient (Wildman–Crippen LogP) is 11.1.